The van der Waals surface area contributed by atoms with Gasteiger partial charge in [-0.3, -0.25) is 9.97 Å². The van der Waals surface area contributed by atoms with Gasteiger partial charge in [-0.15, -0.1) is 0 Å². The zero-order valence-corrected chi connectivity index (χ0v) is 18.8. The maximum atomic E-state index is 6.24. The highest BCUT2D eigenvalue weighted by Gasteiger charge is 2.24. The minimum Gasteiger partial charge on any atom is -0.487 e. The largest absolute Gasteiger partial charge is 0.487 e. The van der Waals surface area contributed by atoms with Crippen LogP contribution in [0.2, 0.25) is 0 Å². The summed E-state index contributed by atoms with van der Waals surface area (Å²) in [5.74, 6) is 0.858. The molecule has 0 saturated carbocycles. The quantitative estimate of drug-likeness (QED) is 0.291. The molecule has 4 nitrogen and oxygen atoms in total. The fraction of sp³-hybridized carbons (Fsp3) is 0.0667. The van der Waals surface area contributed by atoms with Gasteiger partial charge in [-0.25, -0.2) is 0 Å². The van der Waals surface area contributed by atoms with Gasteiger partial charge in [0, 0.05) is 34.8 Å². The molecule has 0 atom stereocenters. The third-order valence-electron chi connectivity index (χ3n) is 6.09. The Labute approximate surface area is 199 Å². The Morgan fingerprint density at radius 3 is 2.41 bits per heavy atom. The zero-order valence-electron chi connectivity index (χ0n) is 18.8. The van der Waals surface area contributed by atoms with E-state index in [0.717, 1.165) is 50.9 Å². The smallest absolute Gasteiger partial charge is 0.143 e. The summed E-state index contributed by atoms with van der Waals surface area (Å²) < 4.78 is 6.24. The van der Waals surface area contributed by atoms with Crippen LogP contribution in [0, 0.1) is 6.92 Å². The maximum Gasteiger partial charge on any atom is 0.143 e. The molecule has 0 N–H and O–H groups in total. The highest BCUT2D eigenvalue weighted by Crippen LogP contribution is 2.45. The van der Waals surface area contributed by atoms with Crippen LogP contribution >= 0.6 is 0 Å². The Morgan fingerprint density at radius 2 is 1.53 bits per heavy atom. The van der Waals surface area contributed by atoms with Crippen molar-refractivity contribution < 1.29 is 4.74 Å². The van der Waals surface area contributed by atoms with E-state index in [1.807, 2.05) is 48.8 Å². The van der Waals surface area contributed by atoms with Crippen LogP contribution in [0.25, 0.3) is 22.5 Å². The molecule has 1 aliphatic rings. The van der Waals surface area contributed by atoms with E-state index in [1.54, 1.807) is 0 Å². The molecule has 34 heavy (non-hydrogen) atoms. The molecule has 0 bridgehead atoms. The fourth-order valence-electron chi connectivity index (χ4n) is 4.41. The van der Waals surface area contributed by atoms with Gasteiger partial charge in [-0.05, 0) is 67.1 Å². The third kappa shape index (κ3) is 3.69. The molecule has 1 aliphatic heterocycles. The Morgan fingerprint density at radius 1 is 0.676 bits per heavy atom. The summed E-state index contributed by atoms with van der Waals surface area (Å²) in [4.78, 5) is 11.5. The Bertz CT molecular complexity index is 1480. The van der Waals surface area contributed by atoms with Crippen LogP contribution < -0.4 is 9.64 Å². The maximum absolute atomic E-state index is 6.24. The van der Waals surface area contributed by atoms with E-state index in [2.05, 4.69) is 82.5 Å². The summed E-state index contributed by atoms with van der Waals surface area (Å²) in [5.41, 5.74) is 9.51. The zero-order chi connectivity index (χ0) is 22.9. The van der Waals surface area contributed by atoms with Crippen LogP contribution in [-0.2, 0) is 6.61 Å². The number of hydrogen-bond donors (Lipinski definition) is 0. The number of pyridine rings is 2. The van der Waals surface area contributed by atoms with Crippen molar-refractivity contribution >= 4 is 17.1 Å². The number of hydrogen-bond acceptors (Lipinski definition) is 4. The number of rotatable bonds is 3. The monoisotopic (exact) mass is 441 g/mol. The van der Waals surface area contributed by atoms with Crippen LogP contribution in [0.4, 0.5) is 17.1 Å². The summed E-state index contributed by atoms with van der Waals surface area (Å²) in [7, 11) is 0. The van der Waals surface area contributed by atoms with Gasteiger partial charge in [0.15, 0.2) is 0 Å². The summed E-state index contributed by atoms with van der Waals surface area (Å²) in [6, 6.07) is 33.3. The van der Waals surface area contributed by atoms with E-state index in [9.17, 15) is 0 Å². The predicted molar refractivity (Wildman–Crippen MR) is 137 cm³/mol. The normalized spacial score (nSPS) is 12.3. The minimum absolute atomic E-state index is 0.504. The predicted octanol–water partition coefficient (Wildman–Crippen LogP) is 7.48. The fourth-order valence-corrected chi connectivity index (χ4v) is 4.41. The third-order valence-corrected chi connectivity index (χ3v) is 6.09. The van der Waals surface area contributed by atoms with Crippen molar-refractivity contribution in [3.05, 3.63) is 121 Å². The Balaban J connectivity index is 1.55. The molecule has 6 rings (SSSR count). The number of fused-ring (bicyclic) bond motifs is 2. The standard InChI is InChI=1S/C30H23N3O/c1-21-14-16-32-27(17-21)23-12-13-24-20-34-30-11-3-2-10-28(30)33(29(24)19-23)25-8-6-7-22(18-25)26-9-4-5-15-31-26/h2-19H,20H2,1H3. The lowest BCUT2D eigenvalue weighted by Crippen LogP contribution is -2.11. The van der Waals surface area contributed by atoms with Gasteiger partial charge in [-0.2, -0.15) is 0 Å². The van der Waals surface area contributed by atoms with Crippen molar-refractivity contribution in [2.75, 3.05) is 4.90 Å². The lowest BCUT2D eigenvalue weighted by Gasteiger charge is -2.27. The lowest BCUT2D eigenvalue weighted by atomic mass is 10.0. The van der Waals surface area contributed by atoms with Crippen LogP contribution in [0.1, 0.15) is 11.1 Å². The molecule has 0 aliphatic carbocycles. The van der Waals surface area contributed by atoms with E-state index in [1.165, 1.54) is 5.56 Å². The van der Waals surface area contributed by atoms with Gasteiger partial charge in [0.2, 0.25) is 0 Å². The second-order valence-corrected chi connectivity index (χ2v) is 8.42. The number of ether oxygens (including phenoxy) is 1. The highest BCUT2D eigenvalue weighted by atomic mass is 16.5. The molecule has 0 saturated heterocycles. The van der Waals surface area contributed by atoms with Gasteiger partial charge in [0.1, 0.15) is 12.4 Å². The van der Waals surface area contributed by atoms with Crippen molar-refractivity contribution in [1.82, 2.24) is 9.97 Å². The molecule has 164 valence electrons. The summed E-state index contributed by atoms with van der Waals surface area (Å²) in [6.45, 7) is 2.60. The topological polar surface area (TPSA) is 38.2 Å². The van der Waals surface area contributed by atoms with E-state index in [0.29, 0.717) is 6.61 Å². The van der Waals surface area contributed by atoms with Crippen LogP contribution in [0.15, 0.2) is 109 Å². The number of aromatic nitrogens is 2. The van der Waals surface area contributed by atoms with Crippen molar-refractivity contribution in [3.8, 4) is 28.3 Å². The van der Waals surface area contributed by atoms with Gasteiger partial charge in [0.05, 0.1) is 22.8 Å². The summed E-state index contributed by atoms with van der Waals surface area (Å²) >= 11 is 0. The molecule has 0 amide bonds. The minimum atomic E-state index is 0.504. The highest BCUT2D eigenvalue weighted by molar-refractivity contribution is 5.86. The average Bonchev–Trinajstić information content (AvgIpc) is 3.06. The molecule has 0 radical (unpaired) electrons. The van der Waals surface area contributed by atoms with Gasteiger partial charge in [0.25, 0.3) is 0 Å². The van der Waals surface area contributed by atoms with E-state index in [-0.39, 0.29) is 0 Å². The van der Waals surface area contributed by atoms with Crippen molar-refractivity contribution in [3.63, 3.8) is 0 Å². The number of para-hydroxylation sites is 2. The Kier molecular flexibility index (Phi) is 5.04. The van der Waals surface area contributed by atoms with Gasteiger partial charge >= 0.3 is 0 Å². The Hall–Kier alpha value is -4.44. The van der Waals surface area contributed by atoms with Crippen LogP contribution in [0.3, 0.4) is 0 Å². The molecule has 5 aromatic rings. The van der Waals surface area contributed by atoms with Gasteiger partial charge < -0.3 is 9.64 Å². The second-order valence-electron chi connectivity index (χ2n) is 8.42. The van der Waals surface area contributed by atoms with Crippen LogP contribution in [-0.4, -0.2) is 9.97 Å². The molecule has 4 heteroatoms. The summed E-state index contributed by atoms with van der Waals surface area (Å²) in [6.07, 6.45) is 3.69. The molecular formula is C30H23N3O. The summed E-state index contributed by atoms with van der Waals surface area (Å²) in [5, 5.41) is 0. The molecule has 0 fully saturated rings. The average molecular weight is 442 g/mol. The van der Waals surface area contributed by atoms with Crippen molar-refractivity contribution in [2.45, 2.75) is 13.5 Å². The first-order chi connectivity index (χ1) is 16.8. The number of benzene rings is 3. The van der Waals surface area contributed by atoms with E-state index >= 15 is 0 Å². The second kappa shape index (κ2) is 8.49. The molecular weight excluding hydrogens is 418 g/mol. The number of nitrogens with zero attached hydrogens (tertiary/aromatic N) is 3. The molecule has 0 spiro atoms. The van der Waals surface area contributed by atoms with Gasteiger partial charge in [-0.1, -0.05) is 42.5 Å². The molecule has 0 unspecified atom stereocenters. The molecule has 3 heterocycles. The first kappa shape index (κ1) is 20.2. The number of aryl methyl sites for hydroxylation is 1. The number of anilines is 3. The first-order valence-corrected chi connectivity index (χ1v) is 11.4. The molecule has 3 aromatic carbocycles. The lowest BCUT2D eigenvalue weighted by molar-refractivity contribution is 0.310. The van der Waals surface area contributed by atoms with Crippen molar-refractivity contribution in [1.29, 1.82) is 0 Å². The van der Waals surface area contributed by atoms with E-state index < -0.39 is 0 Å². The van der Waals surface area contributed by atoms with E-state index in [4.69, 9.17) is 4.74 Å². The molecule has 2 aromatic heterocycles. The van der Waals surface area contributed by atoms with Crippen molar-refractivity contribution in [2.24, 2.45) is 0 Å². The first-order valence-electron chi connectivity index (χ1n) is 11.4. The van der Waals surface area contributed by atoms with Crippen LogP contribution in [0.5, 0.6) is 5.75 Å². The SMILES string of the molecule is Cc1ccnc(-c2ccc3c(c2)N(c2cccc(-c4ccccn4)c2)c2ccccc2OC3)c1.